The molecule has 0 aliphatic rings. The molecule has 0 aliphatic carbocycles. The third-order valence-electron chi connectivity index (χ3n) is 1.78. The predicted octanol–water partition coefficient (Wildman–Crippen LogP) is 1.34. The summed E-state index contributed by atoms with van der Waals surface area (Å²) in [6.45, 7) is 2.79. The van der Waals surface area contributed by atoms with Gasteiger partial charge in [0.1, 0.15) is 0 Å². The number of amides is 2. The highest BCUT2D eigenvalue weighted by Gasteiger charge is 2.01. The molecule has 0 bridgehead atoms. The number of nitrogens with zero attached hydrogens (tertiary/aromatic N) is 2. The fourth-order valence-electron chi connectivity index (χ4n) is 1.04. The topological polar surface area (TPSA) is 59.0 Å². The van der Waals surface area contributed by atoms with E-state index >= 15 is 0 Å². The molecule has 0 unspecified atom stereocenters. The maximum atomic E-state index is 11.2. The second-order valence-electron chi connectivity index (χ2n) is 3.14. The zero-order valence-electron chi connectivity index (χ0n) is 8.58. The van der Waals surface area contributed by atoms with E-state index in [1.54, 1.807) is 24.1 Å². The summed E-state index contributed by atoms with van der Waals surface area (Å²) in [6.07, 6.45) is 5.44. The molecule has 0 atom stereocenters. The SMILES string of the molecule is CCCCNC(=O)Nc1cnn(C)c1. The Morgan fingerprint density at radius 3 is 3.00 bits per heavy atom. The van der Waals surface area contributed by atoms with E-state index in [1.807, 2.05) is 0 Å². The minimum Gasteiger partial charge on any atom is -0.338 e. The number of nitrogens with one attached hydrogen (secondary N) is 2. The summed E-state index contributed by atoms with van der Waals surface area (Å²) in [5.41, 5.74) is 0.710. The highest BCUT2D eigenvalue weighted by molar-refractivity contribution is 5.88. The van der Waals surface area contributed by atoms with Crippen molar-refractivity contribution >= 4 is 11.7 Å². The molecule has 2 amide bonds. The van der Waals surface area contributed by atoms with Crippen LogP contribution in [0.1, 0.15) is 19.8 Å². The van der Waals surface area contributed by atoms with Crippen LogP contribution in [0.2, 0.25) is 0 Å². The number of hydrogen-bond acceptors (Lipinski definition) is 2. The van der Waals surface area contributed by atoms with Gasteiger partial charge in [-0.3, -0.25) is 4.68 Å². The Bertz CT molecular complexity index is 295. The lowest BCUT2D eigenvalue weighted by molar-refractivity contribution is 0.252. The van der Waals surface area contributed by atoms with Crippen molar-refractivity contribution in [3.05, 3.63) is 12.4 Å². The Morgan fingerprint density at radius 1 is 1.64 bits per heavy atom. The molecule has 78 valence electrons. The van der Waals surface area contributed by atoms with Gasteiger partial charge in [0.15, 0.2) is 0 Å². The first-order valence-electron chi connectivity index (χ1n) is 4.76. The highest BCUT2D eigenvalue weighted by atomic mass is 16.2. The molecule has 1 heterocycles. The quantitative estimate of drug-likeness (QED) is 0.714. The maximum Gasteiger partial charge on any atom is 0.319 e. The number of carbonyl (C=O) groups is 1. The number of hydrogen-bond donors (Lipinski definition) is 2. The van der Waals surface area contributed by atoms with E-state index in [4.69, 9.17) is 0 Å². The van der Waals surface area contributed by atoms with Gasteiger partial charge < -0.3 is 10.6 Å². The Kier molecular flexibility index (Phi) is 3.97. The average molecular weight is 196 g/mol. The van der Waals surface area contributed by atoms with Gasteiger partial charge in [-0.05, 0) is 6.42 Å². The fraction of sp³-hybridized carbons (Fsp3) is 0.556. The number of aromatic nitrogens is 2. The van der Waals surface area contributed by atoms with Crippen LogP contribution in [-0.2, 0) is 7.05 Å². The van der Waals surface area contributed by atoms with E-state index in [9.17, 15) is 4.79 Å². The first-order chi connectivity index (χ1) is 6.72. The van der Waals surface area contributed by atoms with Crippen LogP contribution in [0.15, 0.2) is 12.4 Å². The molecular formula is C9H16N4O. The van der Waals surface area contributed by atoms with E-state index in [0.29, 0.717) is 12.2 Å². The molecule has 0 saturated carbocycles. The van der Waals surface area contributed by atoms with Crippen LogP contribution in [0.25, 0.3) is 0 Å². The molecule has 0 saturated heterocycles. The number of aryl methyl sites for hydroxylation is 1. The first-order valence-corrected chi connectivity index (χ1v) is 4.76. The summed E-state index contributed by atoms with van der Waals surface area (Å²) in [5, 5.41) is 9.38. The number of carbonyl (C=O) groups excluding carboxylic acids is 1. The molecule has 2 N–H and O–H groups in total. The second kappa shape index (κ2) is 5.26. The van der Waals surface area contributed by atoms with E-state index in [-0.39, 0.29) is 6.03 Å². The lowest BCUT2D eigenvalue weighted by Gasteiger charge is -2.03. The summed E-state index contributed by atoms with van der Waals surface area (Å²) in [7, 11) is 1.81. The molecule has 0 spiro atoms. The molecule has 1 rings (SSSR count). The lowest BCUT2D eigenvalue weighted by Crippen LogP contribution is -2.29. The van der Waals surface area contributed by atoms with Crippen molar-refractivity contribution in [3.63, 3.8) is 0 Å². The van der Waals surface area contributed by atoms with Crippen molar-refractivity contribution in [2.45, 2.75) is 19.8 Å². The fourth-order valence-corrected chi connectivity index (χ4v) is 1.04. The largest absolute Gasteiger partial charge is 0.338 e. The predicted molar refractivity (Wildman–Crippen MR) is 55.1 cm³/mol. The normalized spacial score (nSPS) is 9.86. The van der Waals surface area contributed by atoms with Crippen LogP contribution in [0.4, 0.5) is 10.5 Å². The van der Waals surface area contributed by atoms with E-state index < -0.39 is 0 Å². The van der Waals surface area contributed by atoms with Crippen molar-refractivity contribution < 1.29 is 4.79 Å². The van der Waals surface area contributed by atoms with Crippen LogP contribution in [-0.4, -0.2) is 22.4 Å². The molecule has 0 fully saturated rings. The van der Waals surface area contributed by atoms with Crippen molar-refractivity contribution in [2.24, 2.45) is 7.05 Å². The smallest absolute Gasteiger partial charge is 0.319 e. The molecule has 5 heteroatoms. The molecule has 0 aliphatic heterocycles. The Hall–Kier alpha value is -1.52. The maximum absolute atomic E-state index is 11.2. The van der Waals surface area contributed by atoms with Gasteiger partial charge in [0.2, 0.25) is 0 Å². The zero-order chi connectivity index (χ0) is 10.4. The first kappa shape index (κ1) is 10.6. The summed E-state index contributed by atoms with van der Waals surface area (Å²) >= 11 is 0. The second-order valence-corrected chi connectivity index (χ2v) is 3.14. The number of unbranched alkanes of at least 4 members (excludes halogenated alkanes) is 1. The lowest BCUT2D eigenvalue weighted by atomic mass is 10.3. The van der Waals surface area contributed by atoms with Gasteiger partial charge in [0.25, 0.3) is 0 Å². The monoisotopic (exact) mass is 196 g/mol. The van der Waals surface area contributed by atoms with E-state index in [0.717, 1.165) is 12.8 Å². The van der Waals surface area contributed by atoms with Gasteiger partial charge in [-0.15, -0.1) is 0 Å². The highest BCUT2D eigenvalue weighted by Crippen LogP contribution is 2.02. The molecular weight excluding hydrogens is 180 g/mol. The molecule has 1 aromatic rings. The van der Waals surface area contributed by atoms with Crippen LogP contribution in [0.5, 0.6) is 0 Å². The van der Waals surface area contributed by atoms with E-state index in [1.165, 1.54) is 0 Å². The van der Waals surface area contributed by atoms with Crippen LogP contribution < -0.4 is 10.6 Å². The Balaban J connectivity index is 2.27. The Labute approximate surface area is 83.5 Å². The molecule has 14 heavy (non-hydrogen) atoms. The minimum absolute atomic E-state index is 0.175. The number of anilines is 1. The van der Waals surface area contributed by atoms with Gasteiger partial charge in [-0.25, -0.2) is 4.79 Å². The average Bonchev–Trinajstić information content (AvgIpc) is 2.52. The van der Waals surface area contributed by atoms with Gasteiger partial charge >= 0.3 is 6.03 Å². The molecule has 0 aromatic carbocycles. The standard InChI is InChI=1S/C9H16N4O/c1-3-4-5-10-9(14)12-8-6-11-13(2)7-8/h6-7H,3-5H2,1-2H3,(H2,10,12,14). The number of urea groups is 1. The van der Waals surface area contributed by atoms with Crippen LogP contribution >= 0.6 is 0 Å². The van der Waals surface area contributed by atoms with Crippen molar-refractivity contribution in [3.8, 4) is 0 Å². The summed E-state index contributed by atoms with van der Waals surface area (Å²) < 4.78 is 1.64. The van der Waals surface area contributed by atoms with Gasteiger partial charge in [0.05, 0.1) is 11.9 Å². The summed E-state index contributed by atoms with van der Waals surface area (Å²) in [4.78, 5) is 11.2. The summed E-state index contributed by atoms with van der Waals surface area (Å²) in [6, 6.07) is -0.175. The zero-order valence-corrected chi connectivity index (χ0v) is 8.58. The van der Waals surface area contributed by atoms with Gasteiger partial charge in [-0.2, -0.15) is 5.10 Å². The van der Waals surface area contributed by atoms with Crippen molar-refractivity contribution in [1.82, 2.24) is 15.1 Å². The van der Waals surface area contributed by atoms with Gasteiger partial charge in [0, 0.05) is 19.8 Å². The third kappa shape index (κ3) is 3.47. The van der Waals surface area contributed by atoms with Crippen LogP contribution in [0, 0.1) is 0 Å². The van der Waals surface area contributed by atoms with Gasteiger partial charge in [-0.1, -0.05) is 13.3 Å². The minimum atomic E-state index is -0.175. The summed E-state index contributed by atoms with van der Waals surface area (Å²) in [5.74, 6) is 0. The molecule has 1 aromatic heterocycles. The van der Waals surface area contributed by atoms with E-state index in [2.05, 4.69) is 22.7 Å². The molecule has 5 nitrogen and oxygen atoms in total. The van der Waals surface area contributed by atoms with Crippen molar-refractivity contribution in [2.75, 3.05) is 11.9 Å². The Morgan fingerprint density at radius 2 is 2.43 bits per heavy atom. The number of rotatable bonds is 4. The van der Waals surface area contributed by atoms with Crippen LogP contribution in [0.3, 0.4) is 0 Å². The van der Waals surface area contributed by atoms with Crippen molar-refractivity contribution in [1.29, 1.82) is 0 Å². The third-order valence-corrected chi connectivity index (χ3v) is 1.78. The molecule has 0 radical (unpaired) electrons.